The maximum absolute atomic E-state index is 5.61. The number of likely N-dealkylation sites (N-methyl/N-ethyl adjacent to an activating group) is 1. The van der Waals surface area contributed by atoms with Crippen LogP contribution in [0.5, 0.6) is 0 Å². The Morgan fingerprint density at radius 3 is 2.77 bits per heavy atom. The summed E-state index contributed by atoms with van der Waals surface area (Å²) in [4.78, 5) is 11.0. The third kappa shape index (κ3) is 3.08. The highest BCUT2D eigenvalue weighted by atomic mass is 32.1. The predicted molar refractivity (Wildman–Crippen MR) is 106 cm³/mol. The standard InChI is InChI=1S/C20H21N5S/c1-2-25-19(18(23-20(25)26)16-8-3-4-11-22-16)17-9-6-12-24(17)14-15-7-5-10-21-13-15/h3-13,18-19H,2,14H2,1H3,(H,23,26)/t18-,19-/m0/s1. The highest BCUT2D eigenvalue weighted by molar-refractivity contribution is 7.80. The summed E-state index contributed by atoms with van der Waals surface area (Å²) in [5, 5.41) is 4.25. The van der Waals surface area contributed by atoms with Crippen LogP contribution >= 0.6 is 12.2 Å². The number of nitrogens with zero attached hydrogens (tertiary/aromatic N) is 4. The van der Waals surface area contributed by atoms with E-state index in [0.717, 1.165) is 23.9 Å². The van der Waals surface area contributed by atoms with Crippen LogP contribution in [-0.2, 0) is 6.54 Å². The maximum Gasteiger partial charge on any atom is 0.170 e. The van der Waals surface area contributed by atoms with Crippen LogP contribution in [-0.4, -0.2) is 31.1 Å². The minimum atomic E-state index is 0.0335. The summed E-state index contributed by atoms with van der Waals surface area (Å²) in [5.74, 6) is 0. The van der Waals surface area contributed by atoms with Crippen LogP contribution in [0, 0.1) is 0 Å². The lowest BCUT2D eigenvalue weighted by atomic mass is 10.0. The largest absolute Gasteiger partial charge is 0.352 e. The predicted octanol–water partition coefficient (Wildman–Crippen LogP) is 3.32. The number of pyridine rings is 2. The fourth-order valence-corrected chi connectivity index (χ4v) is 3.97. The first-order valence-corrected chi connectivity index (χ1v) is 9.20. The Hall–Kier alpha value is -2.73. The van der Waals surface area contributed by atoms with Crippen molar-refractivity contribution in [3.63, 3.8) is 0 Å². The van der Waals surface area contributed by atoms with E-state index in [1.165, 1.54) is 11.3 Å². The minimum absolute atomic E-state index is 0.0335. The summed E-state index contributed by atoms with van der Waals surface area (Å²) >= 11 is 5.61. The molecular weight excluding hydrogens is 342 g/mol. The molecule has 5 nitrogen and oxygen atoms in total. The maximum atomic E-state index is 5.61. The number of hydrogen-bond donors (Lipinski definition) is 1. The first-order chi connectivity index (χ1) is 12.8. The SMILES string of the molecule is CCN1C(=S)N[C@@H](c2ccccn2)[C@@H]1c1cccn1Cc1cccnc1. The average molecular weight is 363 g/mol. The van der Waals surface area contributed by atoms with Crippen molar-refractivity contribution < 1.29 is 0 Å². The van der Waals surface area contributed by atoms with Crippen molar-refractivity contribution in [1.82, 2.24) is 24.8 Å². The van der Waals surface area contributed by atoms with Crippen molar-refractivity contribution in [2.24, 2.45) is 0 Å². The Bertz CT molecular complexity index is 877. The Balaban J connectivity index is 1.72. The first-order valence-electron chi connectivity index (χ1n) is 8.80. The summed E-state index contributed by atoms with van der Waals surface area (Å²) in [5.41, 5.74) is 3.40. The van der Waals surface area contributed by atoms with Gasteiger partial charge in [-0.2, -0.15) is 0 Å². The van der Waals surface area contributed by atoms with Gasteiger partial charge < -0.3 is 14.8 Å². The lowest BCUT2D eigenvalue weighted by Crippen LogP contribution is -2.30. The number of hydrogen-bond acceptors (Lipinski definition) is 3. The van der Waals surface area contributed by atoms with Crippen molar-refractivity contribution in [1.29, 1.82) is 0 Å². The number of aromatic nitrogens is 3. The van der Waals surface area contributed by atoms with Gasteiger partial charge in [0.1, 0.15) is 0 Å². The zero-order chi connectivity index (χ0) is 17.9. The normalized spacial score (nSPS) is 19.6. The molecular formula is C20H21N5S. The van der Waals surface area contributed by atoms with Crippen LogP contribution in [0.3, 0.4) is 0 Å². The first kappa shape index (κ1) is 16.7. The van der Waals surface area contributed by atoms with Gasteiger partial charge in [-0.3, -0.25) is 9.97 Å². The third-order valence-electron chi connectivity index (χ3n) is 4.78. The molecule has 1 fully saturated rings. The van der Waals surface area contributed by atoms with Crippen LogP contribution in [0.1, 0.15) is 36.0 Å². The number of nitrogens with one attached hydrogen (secondary N) is 1. The fraction of sp³-hybridized carbons (Fsp3) is 0.250. The van der Waals surface area contributed by atoms with Crippen molar-refractivity contribution in [2.75, 3.05) is 6.54 Å². The summed E-state index contributed by atoms with van der Waals surface area (Å²) in [7, 11) is 0. The molecule has 0 radical (unpaired) electrons. The van der Waals surface area contributed by atoms with Crippen LogP contribution in [0.15, 0.2) is 67.3 Å². The molecule has 3 aromatic heterocycles. The quantitative estimate of drug-likeness (QED) is 0.705. The molecule has 0 aliphatic carbocycles. The van der Waals surface area contributed by atoms with E-state index in [1.54, 1.807) is 6.20 Å². The van der Waals surface area contributed by atoms with Gasteiger partial charge in [-0.1, -0.05) is 12.1 Å². The van der Waals surface area contributed by atoms with E-state index in [-0.39, 0.29) is 12.1 Å². The van der Waals surface area contributed by atoms with Gasteiger partial charge in [0.2, 0.25) is 0 Å². The van der Waals surface area contributed by atoms with E-state index in [9.17, 15) is 0 Å². The Morgan fingerprint density at radius 2 is 2.04 bits per heavy atom. The summed E-state index contributed by atoms with van der Waals surface area (Å²) < 4.78 is 2.27. The highest BCUT2D eigenvalue weighted by Gasteiger charge is 2.40. The number of thiocarbonyl (C=S) groups is 1. The zero-order valence-electron chi connectivity index (χ0n) is 14.6. The van der Waals surface area contributed by atoms with Crippen molar-refractivity contribution in [3.05, 3.63) is 84.2 Å². The van der Waals surface area contributed by atoms with Gasteiger partial charge in [0, 0.05) is 43.6 Å². The Morgan fingerprint density at radius 1 is 1.12 bits per heavy atom. The molecule has 1 N–H and O–H groups in total. The topological polar surface area (TPSA) is 46.0 Å². The van der Waals surface area contributed by atoms with E-state index in [2.05, 4.69) is 62.1 Å². The van der Waals surface area contributed by atoms with Gasteiger partial charge in [-0.15, -0.1) is 0 Å². The second-order valence-corrected chi connectivity index (χ2v) is 6.72. The van der Waals surface area contributed by atoms with Crippen molar-refractivity contribution in [3.8, 4) is 0 Å². The zero-order valence-corrected chi connectivity index (χ0v) is 15.4. The van der Waals surface area contributed by atoms with Gasteiger partial charge in [-0.05, 0) is 55.0 Å². The van der Waals surface area contributed by atoms with Crippen molar-refractivity contribution >= 4 is 17.3 Å². The van der Waals surface area contributed by atoms with Gasteiger partial charge in [0.05, 0.1) is 17.8 Å². The molecule has 3 aromatic rings. The molecule has 1 aliphatic rings. The van der Waals surface area contributed by atoms with Crippen LogP contribution in [0.4, 0.5) is 0 Å². The minimum Gasteiger partial charge on any atom is -0.352 e. The van der Waals surface area contributed by atoms with Gasteiger partial charge in [-0.25, -0.2) is 0 Å². The van der Waals surface area contributed by atoms with Crippen LogP contribution in [0.2, 0.25) is 0 Å². The third-order valence-corrected chi connectivity index (χ3v) is 5.13. The molecule has 132 valence electrons. The lowest BCUT2D eigenvalue weighted by Gasteiger charge is -2.28. The summed E-state index contributed by atoms with van der Waals surface area (Å²) in [6, 6.07) is 14.5. The molecule has 1 saturated heterocycles. The molecule has 2 atom stereocenters. The second kappa shape index (κ2) is 7.25. The van der Waals surface area contributed by atoms with E-state index >= 15 is 0 Å². The van der Waals surface area contributed by atoms with Crippen LogP contribution < -0.4 is 5.32 Å². The molecule has 26 heavy (non-hydrogen) atoms. The number of rotatable bonds is 5. The summed E-state index contributed by atoms with van der Waals surface area (Å²) in [6.07, 6.45) is 7.66. The smallest absolute Gasteiger partial charge is 0.170 e. The van der Waals surface area contributed by atoms with Crippen molar-refractivity contribution in [2.45, 2.75) is 25.6 Å². The van der Waals surface area contributed by atoms with E-state index in [0.29, 0.717) is 0 Å². The molecule has 0 spiro atoms. The van der Waals surface area contributed by atoms with Gasteiger partial charge in [0.15, 0.2) is 5.11 Å². The molecule has 6 heteroatoms. The highest BCUT2D eigenvalue weighted by Crippen LogP contribution is 2.38. The molecule has 1 aliphatic heterocycles. The Kier molecular flexibility index (Phi) is 4.67. The Labute approximate surface area is 158 Å². The molecule has 0 saturated carbocycles. The molecule has 0 aromatic carbocycles. The fourth-order valence-electron chi connectivity index (χ4n) is 3.60. The molecule has 0 unspecified atom stereocenters. The van der Waals surface area contributed by atoms with E-state index in [4.69, 9.17) is 12.2 Å². The van der Waals surface area contributed by atoms with Gasteiger partial charge >= 0.3 is 0 Å². The monoisotopic (exact) mass is 363 g/mol. The molecule has 4 heterocycles. The lowest BCUT2D eigenvalue weighted by molar-refractivity contribution is 0.316. The van der Waals surface area contributed by atoms with Gasteiger partial charge in [0.25, 0.3) is 0 Å². The second-order valence-electron chi connectivity index (χ2n) is 6.33. The average Bonchev–Trinajstić information content (AvgIpc) is 3.26. The van der Waals surface area contributed by atoms with Crippen LogP contribution in [0.25, 0.3) is 0 Å². The van der Waals surface area contributed by atoms with E-state index < -0.39 is 0 Å². The molecule has 4 rings (SSSR count). The van der Waals surface area contributed by atoms with E-state index in [1.807, 2.05) is 30.6 Å². The summed E-state index contributed by atoms with van der Waals surface area (Å²) in [6.45, 7) is 3.76. The molecule has 0 amide bonds. The molecule has 0 bridgehead atoms.